The number of rotatable bonds is 3. The van der Waals surface area contributed by atoms with E-state index in [0.717, 1.165) is 18.7 Å². The lowest BCUT2D eigenvalue weighted by Gasteiger charge is -2.33. The van der Waals surface area contributed by atoms with Gasteiger partial charge < -0.3 is 5.32 Å². The maximum absolute atomic E-state index is 10.7. The highest BCUT2D eigenvalue weighted by atomic mass is 35.5. The lowest BCUT2D eigenvalue weighted by Crippen LogP contribution is -2.41. The molecule has 20 heavy (non-hydrogen) atoms. The van der Waals surface area contributed by atoms with E-state index in [4.69, 9.17) is 11.6 Å². The zero-order chi connectivity index (χ0) is 14.1. The van der Waals surface area contributed by atoms with Gasteiger partial charge in [0, 0.05) is 30.8 Å². The molecule has 2 fully saturated rings. The summed E-state index contributed by atoms with van der Waals surface area (Å²) < 4.78 is 0. The number of piperidine rings is 1. The molecule has 0 aromatic heterocycles. The average Bonchev–Trinajstić information content (AvgIpc) is 2.84. The van der Waals surface area contributed by atoms with Gasteiger partial charge in [0.1, 0.15) is 0 Å². The number of hydrogen-bond donors (Lipinski definition) is 1. The minimum absolute atomic E-state index is 0.0336. The molecule has 1 N–H and O–H groups in total. The SMILES string of the molecule is O=[N+]([O-])c1ccc(N[C@H]2CCN3CCCC[C@@H]23)c(Cl)c1. The fraction of sp³-hybridized carbons (Fsp3) is 0.571. The van der Waals surface area contributed by atoms with Gasteiger partial charge >= 0.3 is 0 Å². The number of nitrogens with one attached hydrogen (secondary N) is 1. The molecule has 0 radical (unpaired) electrons. The Kier molecular flexibility index (Phi) is 3.81. The maximum atomic E-state index is 10.7. The molecule has 0 aliphatic carbocycles. The van der Waals surface area contributed by atoms with Crippen molar-refractivity contribution in [3.05, 3.63) is 33.3 Å². The van der Waals surface area contributed by atoms with E-state index in [9.17, 15) is 10.1 Å². The van der Waals surface area contributed by atoms with Crippen LogP contribution in [0.25, 0.3) is 0 Å². The van der Waals surface area contributed by atoms with Crippen LogP contribution in [0.3, 0.4) is 0 Å². The quantitative estimate of drug-likeness (QED) is 0.687. The van der Waals surface area contributed by atoms with Crippen LogP contribution in [0, 0.1) is 10.1 Å². The number of nitrogens with zero attached hydrogens (tertiary/aromatic N) is 2. The highest BCUT2D eigenvalue weighted by molar-refractivity contribution is 6.33. The second kappa shape index (κ2) is 5.58. The third kappa shape index (κ3) is 2.60. The summed E-state index contributed by atoms with van der Waals surface area (Å²) in [5, 5.41) is 14.6. The monoisotopic (exact) mass is 295 g/mol. The largest absolute Gasteiger partial charge is 0.379 e. The van der Waals surface area contributed by atoms with Crippen LogP contribution in [0.15, 0.2) is 18.2 Å². The number of halogens is 1. The van der Waals surface area contributed by atoms with E-state index >= 15 is 0 Å². The third-order valence-corrected chi connectivity index (χ3v) is 4.67. The van der Waals surface area contributed by atoms with Crippen LogP contribution in [-0.2, 0) is 0 Å². The van der Waals surface area contributed by atoms with Crippen molar-refractivity contribution in [1.82, 2.24) is 4.90 Å². The molecule has 0 bridgehead atoms. The Morgan fingerprint density at radius 2 is 2.15 bits per heavy atom. The summed E-state index contributed by atoms with van der Waals surface area (Å²) >= 11 is 6.15. The zero-order valence-electron chi connectivity index (χ0n) is 11.2. The Morgan fingerprint density at radius 3 is 2.90 bits per heavy atom. The van der Waals surface area contributed by atoms with Crippen LogP contribution < -0.4 is 5.32 Å². The van der Waals surface area contributed by atoms with Crippen molar-refractivity contribution in [3.8, 4) is 0 Å². The molecule has 2 saturated heterocycles. The summed E-state index contributed by atoms with van der Waals surface area (Å²) in [6.45, 7) is 2.32. The van der Waals surface area contributed by atoms with Crippen molar-refractivity contribution in [2.24, 2.45) is 0 Å². The number of non-ortho nitro benzene ring substituents is 1. The van der Waals surface area contributed by atoms with Crippen LogP contribution in [0.4, 0.5) is 11.4 Å². The third-order valence-electron chi connectivity index (χ3n) is 4.36. The second-order valence-electron chi connectivity index (χ2n) is 5.56. The van der Waals surface area contributed by atoms with Crippen molar-refractivity contribution >= 4 is 23.0 Å². The van der Waals surface area contributed by atoms with E-state index < -0.39 is 4.92 Å². The van der Waals surface area contributed by atoms with Crippen molar-refractivity contribution in [3.63, 3.8) is 0 Å². The molecule has 1 aromatic rings. The topological polar surface area (TPSA) is 58.4 Å². The maximum Gasteiger partial charge on any atom is 0.271 e. The van der Waals surface area contributed by atoms with E-state index in [1.807, 2.05) is 0 Å². The summed E-state index contributed by atoms with van der Waals surface area (Å²) in [5.74, 6) is 0. The van der Waals surface area contributed by atoms with E-state index in [-0.39, 0.29) is 5.69 Å². The molecular weight excluding hydrogens is 278 g/mol. The van der Waals surface area contributed by atoms with Gasteiger partial charge in [-0.05, 0) is 31.9 Å². The van der Waals surface area contributed by atoms with E-state index in [2.05, 4.69) is 10.2 Å². The molecule has 6 heteroatoms. The number of nitro benzene ring substituents is 1. The van der Waals surface area contributed by atoms with Crippen LogP contribution >= 0.6 is 11.6 Å². The molecule has 0 amide bonds. The van der Waals surface area contributed by atoms with Gasteiger partial charge in [-0.2, -0.15) is 0 Å². The first-order chi connectivity index (χ1) is 9.65. The number of anilines is 1. The summed E-state index contributed by atoms with van der Waals surface area (Å²) in [6.07, 6.45) is 4.91. The van der Waals surface area contributed by atoms with Crippen LogP contribution in [-0.4, -0.2) is 35.0 Å². The molecule has 2 aliphatic rings. The Labute approximate surface area is 123 Å². The molecule has 108 valence electrons. The molecular formula is C14H18ClN3O2. The summed E-state index contributed by atoms with van der Waals surface area (Å²) in [7, 11) is 0. The first-order valence-electron chi connectivity index (χ1n) is 7.09. The van der Waals surface area contributed by atoms with Gasteiger partial charge in [0.15, 0.2) is 0 Å². The predicted octanol–water partition coefficient (Wildman–Crippen LogP) is 3.29. The summed E-state index contributed by atoms with van der Waals surface area (Å²) in [4.78, 5) is 12.8. The molecule has 2 aliphatic heterocycles. The molecule has 0 saturated carbocycles. The minimum Gasteiger partial charge on any atom is -0.379 e. The first kappa shape index (κ1) is 13.6. The lowest BCUT2D eigenvalue weighted by atomic mass is 9.99. The molecule has 2 heterocycles. The Balaban J connectivity index is 1.73. The predicted molar refractivity (Wildman–Crippen MR) is 79.3 cm³/mol. The molecule has 0 spiro atoms. The Hall–Kier alpha value is -1.33. The number of nitro groups is 1. The summed E-state index contributed by atoms with van der Waals surface area (Å²) in [5.41, 5.74) is 0.834. The van der Waals surface area contributed by atoms with Crippen LogP contribution in [0.5, 0.6) is 0 Å². The molecule has 1 aromatic carbocycles. The van der Waals surface area contributed by atoms with Gasteiger partial charge in [-0.15, -0.1) is 0 Å². The van der Waals surface area contributed by atoms with Crippen molar-refractivity contribution in [2.75, 3.05) is 18.4 Å². The fourth-order valence-electron chi connectivity index (χ4n) is 3.35. The molecule has 5 nitrogen and oxygen atoms in total. The highest BCUT2D eigenvalue weighted by Gasteiger charge is 2.35. The molecule has 0 unspecified atom stereocenters. The van der Waals surface area contributed by atoms with Crippen LogP contribution in [0.1, 0.15) is 25.7 Å². The average molecular weight is 296 g/mol. The number of fused-ring (bicyclic) bond motifs is 1. The van der Waals surface area contributed by atoms with Gasteiger partial charge in [0.05, 0.1) is 15.6 Å². The van der Waals surface area contributed by atoms with Crippen LogP contribution in [0.2, 0.25) is 5.02 Å². The molecule has 3 rings (SSSR count). The number of benzene rings is 1. The van der Waals surface area contributed by atoms with Crippen molar-refractivity contribution in [2.45, 2.75) is 37.8 Å². The minimum atomic E-state index is -0.423. The summed E-state index contributed by atoms with van der Waals surface area (Å²) in [6, 6.07) is 5.61. The van der Waals surface area contributed by atoms with E-state index in [1.54, 1.807) is 6.07 Å². The normalized spacial score (nSPS) is 26.2. The second-order valence-corrected chi connectivity index (χ2v) is 5.97. The van der Waals surface area contributed by atoms with Gasteiger partial charge in [0.25, 0.3) is 5.69 Å². The van der Waals surface area contributed by atoms with Crippen molar-refractivity contribution < 1.29 is 4.92 Å². The Bertz CT molecular complexity index is 523. The van der Waals surface area contributed by atoms with Gasteiger partial charge in [0.2, 0.25) is 0 Å². The lowest BCUT2D eigenvalue weighted by molar-refractivity contribution is -0.384. The van der Waals surface area contributed by atoms with Gasteiger partial charge in [-0.25, -0.2) is 0 Å². The number of hydrogen-bond acceptors (Lipinski definition) is 4. The molecule has 2 atom stereocenters. The Morgan fingerprint density at radius 1 is 1.30 bits per heavy atom. The van der Waals surface area contributed by atoms with Gasteiger partial charge in [-0.1, -0.05) is 18.0 Å². The van der Waals surface area contributed by atoms with Crippen molar-refractivity contribution in [1.29, 1.82) is 0 Å². The van der Waals surface area contributed by atoms with E-state index in [1.165, 1.54) is 37.9 Å². The smallest absolute Gasteiger partial charge is 0.271 e. The fourth-order valence-corrected chi connectivity index (χ4v) is 3.58. The first-order valence-corrected chi connectivity index (χ1v) is 7.47. The van der Waals surface area contributed by atoms with Gasteiger partial charge in [-0.3, -0.25) is 15.0 Å². The van der Waals surface area contributed by atoms with E-state index in [0.29, 0.717) is 17.1 Å². The standard InChI is InChI=1S/C14H18ClN3O2/c15-11-9-10(18(19)20)4-5-12(11)16-13-6-8-17-7-2-1-3-14(13)17/h4-5,9,13-14,16H,1-3,6-8H2/t13-,14-/m0/s1. The highest BCUT2D eigenvalue weighted by Crippen LogP contribution is 2.32. The zero-order valence-corrected chi connectivity index (χ0v) is 12.0.